The van der Waals surface area contributed by atoms with Crippen LogP contribution in [0.15, 0.2) is 41.0 Å². The molecule has 0 spiro atoms. The van der Waals surface area contributed by atoms with Gasteiger partial charge in [-0.1, -0.05) is 31.9 Å². The molecule has 0 radical (unpaired) electrons. The predicted molar refractivity (Wildman–Crippen MR) is 114 cm³/mol. The van der Waals surface area contributed by atoms with E-state index in [2.05, 4.69) is 32.0 Å². The smallest absolute Gasteiger partial charge is 0.155 e. The number of furan rings is 1. The number of hydrogen-bond donors (Lipinski definition) is 0. The number of aryl methyl sites for hydroxylation is 2. The third-order valence-corrected chi connectivity index (χ3v) is 7.99. The lowest BCUT2D eigenvalue weighted by Crippen LogP contribution is -2.30. The fraction of sp³-hybridized carbons (Fsp3) is 0.565. The van der Waals surface area contributed by atoms with E-state index in [0.717, 1.165) is 43.4 Å². The zero-order valence-corrected chi connectivity index (χ0v) is 18.2. The zero-order chi connectivity index (χ0) is 20.1. The molecule has 0 aliphatic carbocycles. The molecule has 1 aromatic heterocycles. The van der Waals surface area contributed by atoms with Crippen molar-refractivity contribution in [3.8, 4) is 11.3 Å². The molecule has 0 N–H and O–H groups in total. The maximum Gasteiger partial charge on any atom is 0.155 e. The summed E-state index contributed by atoms with van der Waals surface area (Å²) in [4.78, 5) is 0. The van der Waals surface area contributed by atoms with Crippen LogP contribution in [0.3, 0.4) is 0 Å². The van der Waals surface area contributed by atoms with Crippen LogP contribution in [0.2, 0.25) is 0 Å². The molecule has 3 nitrogen and oxygen atoms in total. The van der Waals surface area contributed by atoms with E-state index < -0.39 is 14.6 Å². The van der Waals surface area contributed by atoms with Gasteiger partial charge in [-0.2, -0.15) is 0 Å². The highest BCUT2D eigenvalue weighted by Gasteiger charge is 2.28. The summed E-state index contributed by atoms with van der Waals surface area (Å²) < 4.78 is 29.2. The lowest BCUT2D eigenvalue weighted by atomic mass is 9.96. The summed E-state index contributed by atoms with van der Waals surface area (Å²) >= 11 is 0. The average molecular weight is 391 g/mol. The monoisotopic (exact) mass is 390 g/mol. The van der Waals surface area contributed by atoms with Crippen molar-refractivity contribution in [2.75, 3.05) is 5.75 Å². The van der Waals surface area contributed by atoms with Crippen molar-refractivity contribution in [3.05, 3.63) is 47.7 Å². The maximum absolute atomic E-state index is 12.2. The summed E-state index contributed by atoms with van der Waals surface area (Å²) in [6, 6.07) is 10.4. The zero-order valence-electron chi connectivity index (χ0n) is 17.4. The summed E-state index contributed by atoms with van der Waals surface area (Å²) in [5.74, 6) is 1.65. The molecule has 4 heteroatoms. The third-order valence-electron chi connectivity index (χ3n) is 5.35. The highest BCUT2D eigenvalue weighted by molar-refractivity contribution is 7.92. The summed E-state index contributed by atoms with van der Waals surface area (Å²) in [5.41, 5.74) is 3.80. The molecule has 0 amide bonds. The second-order valence-corrected chi connectivity index (χ2v) is 11.6. The Hall–Kier alpha value is -1.55. The summed E-state index contributed by atoms with van der Waals surface area (Å²) in [6.07, 6.45) is 6.89. The number of hydrogen-bond acceptors (Lipinski definition) is 3. The van der Waals surface area contributed by atoms with E-state index in [1.165, 1.54) is 11.1 Å². The van der Waals surface area contributed by atoms with E-state index in [4.69, 9.17) is 4.42 Å². The molecule has 150 valence electrons. The van der Waals surface area contributed by atoms with Gasteiger partial charge in [-0.3, -0.25) is 0 Å². The highest BCUT2D eigenvalue weighted by Crippen LogP contribution is 2.24. The van der Waals surface area contributed by atoms with E-state index in [-0.39, 0.29) is 0 Å². The lowest BCUT2D eigenvalue weighted by Gasteiger charge is -2.20. The molecule has 1 heterocycles. The van der Waals surface area contributed by atoms with Gasteiger partial charge in [0.2, 0.25) is 0 Å². The number of rotatable bonds is 9. The standard InChI is InChI=1S/C23H34O3S/c1-18(14-16-27(24,25)23(3,4)5)9-6-7-10-20-12-13-21(17-19(20)2)22-11-8-15-26-22/h8,11-13,15,17-18H,6-7,9-10,14,16H2,1-5H3. The molecule has 1 atom stereocenters. The van der Waals surface area contributed by atoms with Crippen LogP contribution in [0.25, 0.3) is 11.3 Å². The van der Waals surface area contributed by atoms with E-state index in [1.807, 2.05) is 12.1 Å². The second-order valence-electron chi connectivity index (χ2n) is 8.69. The molecule has 0 saturated heterocycles. The summed E-state index contributed by atoms with van der Waals surface area (Å²) in [7, 11) is -3.00. The summed E-state index contributed by atoms with van der Waals surface area (Å²) in [6.45, 7) is 9.68. The second kappa shape index (κ2) is 9.09. The van der Waals surface area contributed by atoms with Crippen molar-refractivity contribution in [2.24, 2.45) is 5.92 Å². The van der Waals surface area contributed by atoms with Gasteiger partial charge in [-0.15, -0.1) is 0 Å². The Kier molecular flexibility index (Phi) is 7.32. The third kappa shape index (κ3) is 6.24. The topological polar surface area (TPSA) is 47.3 Å². The normalized spacial score (nSPS) is 13.7. The van der Waals surface area contributed by atoms with Gasteiger partial charge in [0.05, 0.1) is 16.8 Å². The molecular weight excluding hydrogens is 356 g/mol. The fourth-order valence-corrected chi connectivity index (χ4v) is 4.51. The van der Waals surface area contributed by atoms with Gasteiger partial charge >= 0.3 is 0 Å². The number of sulfone groups is 1. The summed E-state index contributed by atoms with van der Waals surface area (Å²) in [5, 5.41) is 0. The molecule has 0 bridgehead atoms. The van der Waals surface area contributed by atoms with E-state index >= 15 is 0 Å². The fourth-order valence-electron chi connectivity index (χ4n) is 3.19. The first-order valence-electron chi connectivity index (χ1n) is 9.96. The number of benzene rings is 1. The number of unbranched alkanes of at least 4 members (excludes halogenated alkanes) is 1. The van der Waals surface area contributed by atoms with Crippen molar-refractivity contribution in [1.82, 2.24) is 0 Å². The Bertz CT molecular complexity index is 812. The van der Waals surface area contributed by atoms with Gasteiger partial charge in [0.15, 0.2) is 9.84 Å². The van der Waals surface area contributed by atoms with Gasteiger partial charge in [0.1, 0.15) is 5.76 Å². The highest BCUT2D eigenvalue weighted by atomic mass is 32.2. The Morgan fingerprint density at radius 2 is 1.81 bits per heavy atom. The molecule has 0 fully saturated rings. The molecular formula is C23H34O3S. The van der Waals surface area contributed by atoms with Crippen molar-refractivity contribution < 1.29 is 12.8 Å². The Morgan fingerprint density at radius 1 is 1.07 bits per heavy atom. The molecule has 27 heavy (non-hydrogen) atoms. The van der Waals surface area contributed by atoms with Crippen LogP contribution < -0.4 is 0 Å². The van der Waals surface area contributed by atoms with Crippen LogP contribution in [0, 0.1) is 12.8 Å². The first-order chi connectivity index (χ1) is 12.6. The van der Waals surface area contributed by atoms with Crippen molar-refractivity contribution in [1.29, 1.82) is 0 Å². The van der Waals surface area contributed by atoms with E-state index in [0.29, 0.717) is 11.7 Å². The average Bonchev–Trinajstić information content (AvgIpc) is 3.11. The van der Waals surface area contributed by atoms with Gasteiger partial charge in [-0.25, -0.2) is 8.42 Å². The van der Waals surface area contributed by atoms with Crippen LogP contribution in [-0.2, 0) is 16.3 Å². The predicted octanol–water partition coefficient (Wildman–Crippen LogP) is 6.21. The molecule has 2 rings (SSSR count). The molecule has 0 saturated carbocycles. The maximum atomic E-state index is 12.2. The minimum absolute atomic E-state index is 0.297. The van der Waals surface area contributed by atoms with Crippen LogP contribution in [0.4, 0.5) is 0 Å². The van der Waals surface area contributed by atoms with Crippen molar-refractivity contribution in [2.45, 2.75) is 71.5 Å². The van der Waals surface area contributed by atoms with Crippen LogP contribution in [-0.4, -0.2) is 18.9 Å². The molecule has 1 aromatic carbocycles. The largest absolute Gasteiger partial charge is 0.464 e. The van der Waals surface area contributed by atoms with Gasteiger partial charge in [0, 0.05) is 5.56 Å². The first-order valence-corrected chi connectivity index (χ1v) is 11.6. The van der Waals surface area contributed by atoms with Crippen molar-refractivity contribution >= 4 is 9.84 Å². The van der Waals surface area contributed by atoms with Crippen LogP contribution in [0.5, 0.6) is 0 Å². The van der Waals surface area contributed by atoms with Gasteiger partial charge in [-0.05, 0) is 82.2 Å². The SMILES string of the molecule is Cc1cc(-c2ccco2)ccc1CCCCC(C)CCS(=O)(=O)C(C)(C)C. The molecule has 0 aliphatic heterocycles. The van der Waals surface area contributed by atoms with E-state index in [9.17, 15) is 8.42 Å². The minimum Gasteiger partial charge on any atom is -0.464 e. The molecule has 0 aliphatic rings. The lowest BCUT2D eigenvalue weighted by molar-refractivity contribution is 0.477. The Morgan fingerprint density at radius 3 is 2.41 bits per heavy atom. The first kappa shape index (κ1) is 21.7. The molecule has 2 aromatic rings. The Labute approximate surface area is 165 Å². The van der Waals surface area contributed by atoms with Gasteiger partial charge in [0.25, 0.3) is 0 Å². The van der Waals surface area contributed by atoms with Crippen LogP contribution in [0.1, 0.15) is 64.5 Å². The quantitative estimate of drug-likeness (QED) is 0.478. The molecule has 1 unspecified atom stereocenters. The van der Waals surface area contributed by atoms with E-state index in [1.54, 1.807) is 27.0 Å². The Balaban J connectivity index is 1.75. The minimum atomic E-state index is -3.00. The van der Waals surface area contributed by atoms with Crippen LogP contribution >= 0.6 is 0 Å². The van der Waals surface area contributed by atoms with Crippen molar-refractivity contribution in [3.63, 3.8) is 0 Å². The van der Waals surface area contributed by atoms with Gasteiger partial charge < -0.3 is 4.42 Å².